The van der Waals surface area contributed by atoms with Gasteiger partial charge in [0.25, 0.3) is 0 Å². The number of aryl methyl sites for hydroxylation is 1. The van der Waals surface area contributed by atoms with Crippen LogP contribution in [0.25, 0.3) is 17.1 Å². The number of aromatic nitrogens is 4. The molecular weight excluding hydrogens is 458 g/mol. The van der Waals surface area contributed by atoms with Gasteiger partial charge in [0.15, 0.2) is 20.8 Å². The van der Waals surface area contributed by atoms with E-state index < -0.39 is 9.84 Å². The molecule has 0 N–H and O–H groups in total. The predicted molar refractivity (Wildman–Crippen MR) is 129 cm³/mol. The van der Waals surface area contributed by atoms with Gasteiger partial charge in [-0.2, -0.15) is 0 Å². The highest BCUT2D eigenvalue weighted by atomic mass is 32.2. The molecule has 1 atom stereocenters. The predicted octanol–water partition coefficient (Wildman–Crippen LogP) is 3.02. The Morgan fingerprint density at radius 3 is 2.45 bits per heavy atom. The van der Waals surface area contributed by atoms with Crippen molar-refractivity contribution in [2.24, 2.45) is 0 Å². The van der Waals surface area contributed by atoms with E-state index in [-0.39, 0.29) is 29.2 Å². The highest BCUT2D eigenvalue weighted by molar-refractivity contribution is 7.99. The summed E-state index contributed by atoms with van der Waals surface area (Å²) in [6.07, 6.45) is 4.86. The minimum absolute atomic E-state index is 0.0450. The fraction of sp³-hybridized carbons (Fsp3) is 0.391. The van der Waals surface area contributed by atoms with Crippen LogP contribution >= 0.6 is 11.8 Å². The molecule has 1 saturated heterocycles. The number of hydrogen-bond donors (Lipinski definition) is 0. The summed E-state index contributed by atoms with van der Waals surface area (Å²) in [5.41, 5.74) is 3.02. The second-order valence-electron chi connectivity index (χ2n) is 7.92. The number of carbonyl (C=O) groups excluding carboxylic acids is 1. The van der Waals surface area contributed by atoms with Crippen LogP contribution in [-0.2, 0) is 21.1 Å². The lowest BCUT2D eigenvalue weighted by Gasteiger charge is -2.26. The Morgan fingerprint density at radius 1 is 1.12 bits per heavy atom. The Bertz CT molecular complexity index is 1210. The Labute approximate surface area is 198 Å². The molecule has 0 aliphatic carbocycles. The molecule has 174 valence electrons. The summed E-state index contributed by atoms with van der Waals surface area (Å²) >= 11 is 1.31. The lowest BCUT2D eigenvalue weighted by Crippen LogP contribution is -2.42. The standard InChI is InChI=1S/C23H27N5O3S2/c1-3-17-5-7-19(8-6-17)28-22(18-9-12-24-13-10-18)25-26-23(28)32-15-21(29)27(4-2)20-11-14-33(30,31)16-20/h5-10,12-13,20H,3-4,11,14-16H2,1-2H3/t20-/m0/s1. The summed E-state index contributed by atoms with van der Waals surface area (Å²) in [4.78, 5) is 18.8. The molecule has 3 aromatic rings. The molecule has 3 heterocycles. The molecule has 1 aromatic carbocycles. The van der Waals surface area contributed by atoms with Gasteiger partial charge in [-0.05, 0) is 49.6 Å². The SMILES string of the molecule is CCc1ccc(-n2c(SCC(=O)N(CC)[C@H]3CCS(=O)(=O)C3)nnc2-c2ccncc2)cc1. The zero-order chi connectivity index (χ0) is 23.4. The number of benzene rings is 1. The summed E-state index contributed by atoms with van der Waals surface area (Å²) in [6.45, 7) is 4.47. The molecule has 8 nitrogen and oxygen atoms in total. The van der Waals surface area contributed by atoms with Crippen molar-refractivity contribution < 1.29 is 13.2 Å². The molecule has 2 aromatic heterocycles. The van der Waals surface area contributed by atoms with Gasteiger partial charge in [-0.15, -0.1) is 10.2 Å². The van der Waals surface area contributed by atoms with Crippen molar-refractivity contribution in [3.05, 3.63) is 54.4 Å². The molecule has 0 spiro atoms. The van der Waals surface area contributed by atoms with Gasteiger partial charge in [-0.3, -0.25) is 14.3 Å². The van der Waals surface area contributed by atoms with E-state index in [2.05, 4.69) is 34.2 Å². The van der Waals surface area contributed by atoms with Crippen LogP contribution in [0.1, 0.15) is 25.8 Å². The lowest BCUT2D eigenvalue weighted by molar-refractivity contribution is -0.129. The molecule has 33 heavy (non-hydrogen) atoms. The number of carbonyl (C=O) groups is 1. The number of hydrogen-bond acceptors (Lipinski definition) is 7. The van der Waals surface area contributed by atoms with E-state index in [1.165, 1.54) is 17.3 Å². The summed E-state index contributed by atoms with van der Waals surface area (Å²) < 4.78 is 25.7. The van der Waals surface area contributed by atoms with E-state index >= 15 is 0 Å². The van der Waals surface area contributed by atoms with Crippen LogP contribution in [0.5, 0.6) is 0 Å². The average molecular weight is 486 g/mol. The molecule has 0 bridgehead atoms. The topological polar surface area (TPSA) is 98.1 Å². The first-order chi connectivity index (χ1) is 15.9. The first kappa shape index (κ1) is 23.4. The number of amides is 1. The highest BCUT2D eigenvalue weighted by Gasteiger charge is 2.34. The first-order valence-electron chi connectivity index (χ1n) is 11.0. The smallest absolute Gasteiger partial charge is 0.233 e. The zero-order valence-corrected chi connectivity index (χ0v) is 20.3. The summed E-state index contributed by atoms with van der Waals surface area (Å²) in [5, 5.41) is 9.39. The monoisotopic (exact) mass is 485 g/mol. The van der Waals surface area contributed by atoms with Crippen LogP contribution in [0.4, 0.5) is 0 Å². The third kappa shape index (κ3) is 5.27. The minimum Gasteiger partial charge on any atom is -0.338 e. The van der Waals surface area contributed by atoms with Crippen molar-refractivity contribution in [2.75, 3.05) is 23.8 Å². The molecule has 0 radical (unpaired) electrons. The van der Waals surface area contributed by atoms with Crippen LogP contribution in [0.3, 0.4) is 0 Å². The van der Waals surface area contributed by atoms with Crippen molar-refractivity contribution in [3.8, 4) is 17.1 Å². The molecule has 1 fully saturated rings. The Kier molecular flexibility index (Phi) is 7.14. The largest absolute Gasteiger partial charge is 0.338 e. The minimum atomic E-state index is -3.06. The van der Waals surface area contributed by atoms with E-state index in [9.17, 15) is 13.2 Å². The number of rotatable bonds is 8. The van der Waals surface area contributed by atoms with Gasteiger partial charge in [0, 0.05) is 36.2 Å². The van der Waals surface area contributed by atoms with Gasteiger partial charge < -0.3 is 4.90 Å². The van der Waals surface area contributed by atoms with Gasteiger partial charge >= 0.3 is 0 Å². The van der Waals surface area contributed by atoms with Crippen molar-refractivity contribution >= 4 is 27.5 Å². The Balaban J connectivity index is 1.59. The van der Waals surface area contributed by atoms with Crippen LogP contribution in [0.15, 0.2) is 53.9 Å². The van der Waals surface area contributed by atoms with E-state index in [1.807, 2.05) is 35.8 Å². The summed E-state index contributed by atoms with van der Waals surface area (Å²) in [6, 6.07) is 11.7. The van der Waals surface area contributed by atoms with Crippen LogP contribution in [0, 0.1) is 0 Å². The van der Waals surface area contributed by atoms with Crippen molar-refractivity contribution in [2.45, 2.75) is 37.9 Å². The molecule has 4 rings (SSSR count). The van der Waals surface area contributed by atoms with E-state index in [1.54, 1.807) is 17.3 Å². The van der Waals surface area contributed by atoms with Crippen LogP contribution < -0.4 is 0 Å². The van der Waals surface area contributed by atoms with Crippen LogP contribution in [0.2, 0.25) is 0 Å². The molecule has 0 unspecified atom stereocenters. The number of sulfone groups is 1. The third-order valence-electron chi connectivity index (χ3n) is 5.81. The van der Waals surface area contributed by atoms with Crippen LogP contribution in [-0.4, -0.2) is 68.8 Å². The fourth-order valence-corrected chi connectivity index (χ4v) is 6.60. The van der Waals surface area contributed by atoms with E-state index in [0.717, 1.165) is 17.7 Å². The lowest BCUT2D eigenvalue weighted by atomic mass is 10.1. The molecule has 0 saturated carbocycles. The first-order valence-corrected chi connectivity index (χ1v) is 13.8. The second-order valence-corrected chi connectivity index (χ2v) is 11.1. The maximum absolute atomic E-state index is 13.0. The second kappa shape index (κ2) is 10.0. The van der Waals surface area contributed by atoms with Gasteiger partial charge in [-0.1, -0.05) is 30.8 Å². The Morgan fingerprint density at radius 2 is 1.85 bits per heavy atom. The molecule has 1 aliphatic heterocycles. The molecule has 1 amide bonds. The number of pyridine rings is 1. The maximum Gasteiger partial charge on any atom is 0.233 e. The molecule has 1 aliphatic rings. The number of thioether (sulfide) groups is 1. The van der Waals surface area contributed by atoms with Crippen molar-refractivity contribution in [3.63, 3.8) is 0 Å². The summed E-state index contributed by atoms with van der Waals surface area (Å²) in [7, 11) is -3.06. The molecular formula is C23H27N5O3S2. The number of nitrogens with zero attached hydrogens (tertiary/aromatic N) is 5. The zero-order valence-electron chi connectivity index (χ0n) is 18.7. The van der Waals surface area contributed by atoms with Crippen molar-refractivity contribution in [1.82, 2.24) is 24.6 Å². The normalized spacial score (nSPS) is 17.2. The average Bonchev–Trinajstić information content (AvgIpc) is 3.41. The third-order valence-corrected chi connectivity index (χ3v) is 8.47. The van der Waals surface area contributed by atoms with E-state index in [4.69, 9.17) is 0 Å². The summed E-state index contributed by atoms with van der Waals surface area (Å²) in [5.74, 6) is 0.929. The van der Waals surface area contributed by atoms with Gasteiger partial charge in [0.2, 0.25) is 5.91 Å². The van der Waals surface area contributed by atoms with Gasteiger partial charge in [0.1, 0.15) is 0 Å². The fourth-order valence-electron chi connectivity index (χ4n) is 4.03. The quantitative estimate of drug-likeness (QED) is 0.452. The highest BCUT2D eigenvalue weighted by Crippen LogP contribution is 2.28. The van der Waals surface area contributed by atoms with E-state index in [0.29, 0.717) is 23.9 Å². The maximum atomic E-state index is 13.0. The Hall–Kier alpha value is -2.72. The van der Waals surface area contributed by atoms with Crippen molar-refractivity contribution in [1.29, 1.82) is 0 Å². The molecule has 10 heteroatoms. The van der Waals surface area contributed by atoms with Gasteiger partial charge in [-0.25, -0.2) is 8.42 Å². The van der Waals surface area contributed by atoms with Gasteiger partial charge in [0.05, 0.1) is 17.3 Å².